The number of rotatable bonds is 1. The summed E-state index contributed by atoms with van der Waals surface area (Å²) in [5.41, 5.74) is 1.94. The molecule has 0 aliphatic rings. The van der Waals surface area contributed by atoms with Crippen molar-refractivity contribution in [3.63, 3.8) is 0 Å². The van der Waals surface area contributed by atoms with E-state index in [1.54, 1.807) is 10.7 Å². The predicted molar refractivity (Wildman–Crippen MR) is 51.8 cm³/mol. The molecule has 68 valence electrons. The van der Waals surface area contributed by atoms with E-state index in [4.69, 9.17) is 0 Å². The third kappa shape index (κ3) is 1.08. The summed E-state index contributed by atoms with van der Waals surface area (Å²) in [5.74, 6) is 0.322. The second-order valence-electron chi connectivity index (χ2n) is 3.10. The quantitative estimate of drug-likeness (QED) is 0.720. The maximum Gasteiger partial charge on any atom is 0.126 e. The first-order valence-corrected chi connectivity index (χ1v) is 4.37. The maximum absolute atomic E-state index is 9.64. The molecule has 0 unspecified atom stereocenters. The Kier molecular flexibility index (Phi) is 1.72. The molecule has 3 nitrogen and oxygen atoms in total. The average molecular weight is 176 g/mol. The Morgan fingerprint density at radius 2 is 2.23 bits per heavy atom. The first-order valence-electron chi connectivity index (χ1n) is 4.37. The topological polar surface area (TPSA) is 38.0 Å². The first kappa shape index (κ1) is 8.10. The molecule has 0 bridgehead atoms. The third-order valence-corrected chi connectivity index (χ3v) is 2.26. The summed E-state index contributed by atoms with van der Waals surface area (Å²) in [6.07, 6.45) is 0.842. The van der Waals surface area contributed by atoms with Crippen LogP contribution in [0.3, 0.4) is 0 Å². The van der Waals surface area contributed by atoms with Crippen LogP contribution in [-0.4, -0.2) is 14.9 Å². The number of nitrogens with zero attached hydrogens (tertiary/aromatic N) is 2. The van der Waals surface area contributed by atoms with Gasteiger partial charge in [-0.25, -0.2) is 0 Å². The number of phenolic OH excluding ortho intramolecular Hbond substituents is 1. The van der Waals surface area contributed by atoms with E-state index in [9.17, 15) is 5.11 Å². The third-order valence-electron chi connectivity index (χ3n) is 2.26. The minimum Gasteiger partial charge on any atom is -0.507 e. The van der Waals surface area contributed by atoms with Crippen LogP contribution in [-0.2, 0) is 13.5 Å². The molecule has 0 radical (unpaired) electrons. The van der Waals surface area contributed by atoms with Gasteiger partial charge in [0, 0.05) is 7.05 Å². The van der Waals surface area contributed by atoms with Crippen LogP contribution in [0.25, 0.3) is 10.9 Å². The van der Waals surface area contributed by atoms with E-state index in [1.807, 2.05) is 26.1 Å². The summed E-state index contributed by atoms with van der Waals surface area (Å²) in [7, 11) is 1.89. The Balaban J connectivity index is 2.89. The van der Waals surface area contributed by atoms with Gasteiger partial charge in [-0.15, -0.1) is 0 Å². The fourth-order valence-corrected chi connectivity index (χ4v) is 1.63. The number of aryl methyl sites for hydroxylation is 2. The summed E-state index contributed by atoms with van der Waals surface area (Å²) in [6, 6.07) is 5.49. The Bertz CT molecular complexity index is 445. The molecule has 0 aliphatic heterocycles. The molecule has 1 aromatic carbocycles. The summed E-state index contributed by atoms with van der Waals surface area (Å²) < 4.78 is 1.80. The van der Waals surface area contributed by atoms with Gasteiger partial charge in [0.25, 0.3) is 0 Å². The molecule has 0 spiro atoms. The molecule has 0 saturated heterocycles. The maximum atomic E-state index is 9.64. The molecule has 2 aromatic rings. The molecule has 0 saturated carbocycles. The number of phenols is 1. The van der Waals surface area contributed by atoms with Crippen molar-refractivity contribution < 1.29 is 5.11 Å². The van der Waals surface area contributed by atoms with Gasteiger partial charge in [0.1, 0.15) is 5.75 Å². The van der Waals surface area contributed by atoms with Crippen LogP contribution in [0.5, 0.6) is 5.75 Å². The lowest BCUT2D eigenvalue weighted by Crippen LogP contribution is -1.90. The minimum absolute atomic E-state index is 0.322. The van der Waals surface area contributed by atoms with E-state index >= 15 is 0 Å². The molecule has 0 aliphatic carbocycles. The highest BCUT2D eigenvalue weighted by atomic mass is 16.3. The van der Waals surface area contributed by atoms with Crippen molar-refractivity contribution in [3.05, 3.63) is 23.9 Å². The number of benzene rings is 1. The van der Waals surface area contributed by atoms with E-state index in [0.29, 0.717) is 5.75 Å². The van der Waals surface area contributed by atoms with E-state index < -0.39 is 0 Å². The van der Waals surface area contributed by atoms with Gasteiger partial charge < -0.3 is 5.11 Å². The van der Waals surface area contributed by atoms with Crippen molar-refractivity contribution in [1.29, 1.82) is 0 Å². The lowest BCUT2D eigenvalue weighted by Gasteiger charge is -1.95. The van der Waals surface area contributed by atoms with Crippen molar-refractivity contribution in [2.24, 2.45) is 7.05 Å². The molecule has 1 heterocycles. The second-order valence-corrected chi connectivity index (χ2v) is 3.10. The van der Waals surface area contributed by atoms with Crippen molar-refractivity contribution in [1.82, 2.24) is 9.78 Å². The fraction of sp³-hybridized carbons (Fsp3) is 0.300. The van der Waals surface area contributed by atoms with Gasteiger partial charge in [-0.1, -0.05) is 13.0 Å². The van der Waals surface area contributed by atoms with Gasteiger partial charge in [0.2, 0.25) is 0 Å². The summed E-state index contributed by atoms with van der Waals surface area (Å²) in [5, 5.41) is 14.9. The fourth-order valence-electron chi connectivity index (χ4n) is 1.63. The van der Waals surface area contributed by atoms with Crippen LogP contribution in [0.15, 0.2) is 18.2 Å². The van der Waals surface area contributed by atoms with E-state index in [1.165, 1.54) is 0 Å². The summed E-state index contributed by atoms with van der Waals surface area (Å²) >= 11 is 0. The Morgan fingerprint density at radius 3 is 2.92 bits per heavy atom. The molecule has 1 N–H and O–H groups in total. The molecule has 1 aromatic heterocycles. The van der Waals surface area contributed by atoms with E-state index in [-0.39, 0.29) is 0 Å². The van der Waals surface area contributed by atoms with Crippen LogP contribution in [0.1, 0.15) is 12.6 Å². The smallest absolute Gasteiger partial charge is 0.126 e. The van der Waals surface area contributed by atoms with Crippen LogP contribution >= 0.6 is 0 Å². The average Bonchev–Trinajstić information content (AvgIpc) is 2.45. The molecular formula is C10H12N2O. The zero-order chi connectivity index (χ0) is 9.42. The highest BCUT2D eigenvalue weighted by Gasteiger charge is 2.09. The first-order chi connectivity index (χ1) is 6.24. The van der Waals surface area contributed by atoms with Crippen molar-refractivity contribution in [3.8, 4) is 5.75 Å². The van der Waals surface area contributed by atoms with Gasteiger partial charge in [0.05, 0.1) is 16.6 Å². The van der Waals surface area contributed by atoms with Crippen molar-refractivity contribution in [2.75, 3.05) is 0 Å². The lowest BCUT2D eigenvalue weighted by molar-refractivity contribution is 0.481. The largest absolute Gasteiger partial charge is 0.507 e. The van der Waals surface area contributed by atoms with Crippen LogP contribution < -0.4 is 0 Å². The standard InChI is InChI=1S/C10H12N2O/c1-3-7-10-8(12(2)11-7)5-4-6-9(10)13/h4-6,13H,3H2,1-2H3. The number of fused-ring (bicyclic) bond motifs is 1. The molecule has 3 heteroatoms. The molecule has 0 amide bonds. The molecule has 0 atom stereocenters. The van der Waals surface area contributed by atoms with E-state index in [2.05, 4.69) is 5.10 Å². The monoisotopic (exact) mass is 176 g/mol. The normalized spacial score (nSPS) is 10.9. The van der Waals surface area contributed by atoms with Gasteiger partial charge in [-0.3, -0.25) is 4.68 Å². The SMILES string of the molecule is CCc1nn(C)c2cccc(O)c12. The molecule has 0 fully saturated rings. The predicted octanol–water partition coefficient (Wildman–Crippen LogP) is 1.84. The summed E-state index contributed by atoms with van der Waals surface area (Å²) in [4.78, 5) is 0. The number of aromatic nitrogens is 2. The molecular weight excluding hydrogens is 164 g/mol. The van der Waals surface area contributed by atoms with Crippen LogP contribution in [0.4, 0.5) is 0 Å². The second kappa shape index (κ2) is 2.76. The van der Waals surface area contributed by atoms with Crippen molar-refractivity contribution in [2.45, 2.75) is 13.3 Å². The van der Waals surface area contributed by atoms with E-state index in [0.717, 1.165) is 23.0 Å². The van der Waals surface area contributed by atoms with Crippen LogP contribution in [0, 0.1) is 0 Å². The summed E-state index contributed by atoms with van der Waals surface area (Å²) in [6.45, 7) is 2.04. The Hall–Kier alpha value is -1.51. The Labute approximate surface area is 76.6 Å². The van der Waals surface area contributed by atoms with Crippen LogP contribution in [0.2, 0.25) is 0 Å². The van der Waals surface area contributed by atoms with Gasteiger partial charge >= 0.3 is 0 Å². The highest BCUT2D eigenvalue weighted by molar-refractivity contribution is 5.87. The van der Waals surface area contributed by atoms with Gasteiger partial charge in [-0.05, 0) is 18.6 Å². The number of hydrogen-bond acceptors (Lipinski definition) is 2. The molecule has 13 heavy (non-hydrogen) atoms. The molecule has 2 rings (SSSR count). The van der Waals surface area contributed by atoms with Gasteiger partial charge in [0.15, 0.2) is 0 Å². The number of hydrogen-bond donors (Lipinski definition) is 1. The highest BCUT2D eigenvalue weighted by Crippen LogP contribution is 2.27. The zero-order valence-electron chi connectivity index (χ0n) is 7.78. The minimum atomic E-state index is 0.322. The lowest BCUT2D eigenvalue weighted by atomic mass is 10.1. The zero-order valence-corrected chi connectivity index (χ0v) is 7.78. The number of aromatic hydroxyl groups is 1. The van der Waals surface area contributed by atoms with Gasteiger partial charge in [-0.2, -0.15) is 5.10 Å². The Morgan fingerprint density at radius 1 is 1.46 bits per heavy atom. The van der Waals surface area contributed by atoms with Crippen molar-refractivity contribution >= 4 is 10.9 Å².